The molecule has 0 atom stereocenters. The van der Waals surface area contributed by atoms with Crippen molar-refractivity contribution in [1.82, 2.24) is 4.98 Å². The minimum atomic E-state index is -0.627. The predicted octanol–water partition coefficient (Wildman–Crippen LogP) is 3.67. The first kappa shape index (κ1) is 13.4. The van der Waals surface area contributed by atoms with E-state index < -0.39 is 4.92 Å². The first-order chi connectivity index (χ1) is 8.99. The second-order valence-electron chi connectivity index (χ2n) is 3.46. The average Bonchev–Trinajstić information content (AvgIpc) is 2.34. The lowest BCUT2D eigenvalue weighted by molar-refractivity contribution is -0.384. The summed E-state index contributed by atoms with van der Waals surface area (Å²) >= 11 is 11.8. The molecule has 98 valence electrons. The van der Waals surface area contributed by atoms with Gasteiger partial charge < -0.3 is 10.5 Å². The lowest BCUT2D eigenvalue weighted by atomic mass is 10.3. The Bertz CT molecular complexity index is 649. The predicted molar refractivity (Wildman–Crippen MR) is 71.8 cm³/mol. The van der Waals surface area contributed by atoms with Gasteiger partial charge >= 0.3 is 5.69 Å². The Morgan fingerprint density at radius 3 is 2.63 bits per heavy atom. The summed E-state index contributed by atoms with van der Waals surface area (Å²) < 4.78 is 5.38. The van der Waals surface area contributed by atoms with Gasteiger partial charge in [-0.05, 0) is 12.1 Å². The maximum atomic E-state index is 10.6. The number of benzene rings is 1. The van der Waals surface area contributed by atoms with E-state index in [4.69, 9.17) is 33.7 Å². The zero-order valence-electron chi connectivity index (χ0n) is 9.34. The molecule has 1 aromatic heterocycles. The van der Waals surface area contributed by atoms with Gasteiger partial charge in [-0.25, -0.2) is 0 Å². The van der Waals surface area contributed by atoms with Gasteiger partial charge in [0.1, 0.15) is 10.8 Å². The second-order valence-corrected chi connectivity index (χ2v) is 4.25. The molecule has 0 spiro atoms. The standard InChI is InChI=1S/C11H7Cl2N3O3/c12-6-2-1-3-8(10(6)13)19-9-5-4-7(16(17)18)11(14)15-9/h1-5H,(H2,14,15). The summed E-state index contributed by atoms with van der Waals surface area (Å²) in [6.45, 7) is 0. The summed E-state index contributed by atoms with van der Waals surface area (Å²) in [4.78, 5) is 13.7. The van der Waals surface area contributed by atoms with E-state index in [0.717, 1.165) is 0 Å². The maximum absolute atomic E-state index is 10.6. The van der Waals surface area contributed by atoms with Crippen LogP contribution in [0.1, 0.15) is 0 Å². The van der Waals surface area contributed by atoms with Gasteiger partial charge in [0.05, 0.1) is 9.95 Å². The molecule has 0 unspecified atom stereocenters. The fourth-order valence-electron chi connectivity index (χ4n) is 1.34. The zero-order valence-corrected chi connectivity index (χ0v) is 10.9. The van der Waals surface area contributed by atoms with Crippen LogP contribution < -0.4 is 10.5 Å². The Balaban J connectivity index is 2.32. The maximum Gasteiger partial charge on any atom is 0.311 e. The first-order valence-corrected chi connectivity index (χ1v) is 5.77. The number of ether oxygens (including phenoxy) is 1. The third kappa shape index (κ3) is 2.86. The van der Waals surface area contributed by atoms with E-state index in [2.05, 4.69) is 4.98 Å². The SMILES string of the molecule is Nc1nc(Oc2cccc(Cl)c2Cl)ccc1[N+](=O)[O-]. The minimum Gasteiger partial charge on any atom is -0.437 e. The molecule has 6 nitrogen and oxygen atoms in total. The van der Waals surface area contributed by atoms with Gasteiger partial charge in [0.25, 0.3) is 0 Å². The highest BCUT2D eigenvalue weighted by Crippen LogP contribution is 2.34. The van der Waals surface area contributed by atoms with E-state index in [9.17, 15) is 10.1 Å². The van der Waals surface area contributed by atoms with Crippen LogP contribution in [-0.2, 0) is 0 Å². The van der Waals surface area contributed by atoms with Gasteiger partial charge in [-0.15, -0.1) is 0 Å². The lowest BCUT2D eigenvalue weighted by Crippen LogP contribution is -1.99. The number of halogens is 2. The van der Waals surface area contributed by atoms with E-state index in [0.29, 0.717) is 5.02 Å². The largest absolute Gasteiger partial charge is 0.437 e. The Hall–Kier alpha value is -2.05. The van der Waals surface area contributed by atoms with Crippen LogP contribution in [-0.4, -0.2) is 9.91 Å². The zero-order chi connectivity index (χ0) is 14.0. The number of hydrogen-bond acceptors (Lipinski definition) is 5. The number of aromatic nitrogens is 1. The molecule has 0 aliphatic heterocycles. The molecule has 0 bridgehead atoms. The molecule has 0 aliphatic carbocycles. The number of rotatable bonds is 3. The van der Waals surface area contributed by atoms with Crippen molar-refractivity contribution in [2.45, 2.75) is 0 Å². The molecule has 2 aromatic rings. The highest BCUT2D eigenvalue weighted by atomic mass is 35.5. The van der Waals surface area contributed by atoms with Crippen molar-refractivity contribution in [3.05, 3.63) is 50.5 Å². The number of hydrogen-bond donors (Lipinski definition) is 1. The van der Waals surface area contributed by atoms with Gasteiger partial charge in [-0.1, -0.05) is 29.3 Å². The van der Waals surface area contributed by atoms with Crippen molar-refractivity contribution in [2.75, 3.05) is 5.73 Å². The summed E-state index contributed by atoms with van der Waals surface area (Å²) in [5, 5.41) is 11.1. The molecule has 1 aromatic carbocycles. The molecule has 8 heteroatoms. The van der Waals surface area contributed by atoms with Crippen molar-refractivity contribution in [3.63, 3.8) is 0 Å². The average molecular weight is 300 g/mol. The van der Waals surface area contributed by atoms with Crippen molar-refractivity contribution in [2.24, 2.45) is 0 Å². The van der Waals surface area contributed by atoms with Crippen molar-refractivity contribution in [1.29, 1.82) is 0 Å². The monoisotopic (exact) mass is 299 g/mol. The van der Waals surface area contributed by atoms with Crippen molar-refractivity contribution < 1.29 is 9.66 Å². The Kier molecular flexibility index (Phi) is 3.73. The first-order valence-electron chi connectivity index (χ1n) is 5.02. The van der Waals surface area contributed by atoms with Crippen LogP contribution in [0.3, 0.4) is 0 Å². The van der Waals surface area contributed by atoms with Crippen LogP contribution in [0.5, 0.6) is 11.6 Å². The summed E-state index contributed by atoms with van der Waals surface area (Å²) in [6.07, 6.45) is 0. The van der Waals surface area contributed by atoms with Gasteiger partial charge in [0, 0.05) is 12.1 Å². The highest BCUT2D eigenvalue weighted by molar-refractivity contribution is 6.42. The fourth-order valence-corrected chi connectivity index (χ4v) is 1.67. The molecule has 0 amide bonds. The molecule has 19 heavy (non-hydrogen) atoms. The van der Waals surface area contributed by atoms with E-state index in [1.54, 1.807) is 18.2 Å². The highest BCUT2D eigenvalue weighted by Gasteiger charge is 2.14. The van der Waals surface area contributed by atoms with E-state index in [1.165, 1.54) is 12.1 Å². The third-order valence-corrected chi connectivity index (χ3v) is 3.01. The molecule has 0 radical (unpaired) electrons. The smallest absolute Gasteiger partial charge is 0.311 e. The summed E-state index contributed by atoms with van der Waals surface area (Å²) in [7, 11) is 0. The summed E-state index contributed by atoms with van der Waals surface area (Å²) in [5.74, 6) is 0.142. The summed E-state index contributed by atoms with van der Waals surface area (Å²) in [6, 6.07) is 7.38. The molecule has 2 rings (SSSR count). The van der Waals surface area contributed by atoms with E-state index >= 15 is 0 Å². The van der Waals surface area contributed by atoms with Gasteiger partial charge in [-0.2, -0.15) is 4.98 Å². The third-order valence-electron chi connectivity index (χ3n) is 2.20. The van der Waals surface area contributed by atoms with E-state index in [1.807, 2.05) is 0 Å². The molecule has 0 aliphatic rings. The fraction of sp³-hybridized carbons (Fsp3) is 0. The van der Waals surface area contributed by atoms with Crippen LogP contribution in [0.2, 0.25) is 10.0 Å². The lowest BCUT2D eigenvalue weighted by Gasteiger charge is -2.07. The van der Waals surface area contributed by atoms with Crippen LogP contribution in [0, 0.1) is 10.1 Å². The molecule has 0 saturated carbocycles. The summed E-state index contributed by atoms with van der Waals surface area (Å²) in [5.41, 5.74) is 5.16. The van der Waals surface area contributed by atoms with Crippen molar-refractivity contribution in [3.8, 4) is 11.6 Å². The molecular weight excluding hydrogens is 293 g/mol. The van der Waals surface area contributed by atoms with Crippen LogP contribution in [0.4, 0.5) is 11.5 Å². The molecule has 2 N–H and O–H groups in total. The van der Waals surface area contributed by atoms with Crippen molar-refractivity contribution >= 4 is 34.7 Å². The number of nitrogen functional groups attached to an aromatic ring is 1. The van der Waals surface area contributed by atoms with Gasteiger partial charge in [-0.3, -0.25) is 10.1 Å². The quantitative estimate of drug-likeness (QED) is 0.689. The molecular formula is C11H7Cl2N3O3. The van der Waals surface area contributed by atoms with E-state index in [-0.39, 0.29) is 28.2 Å². The normalized spacial score (nSPS) is 10.2. The number of nitro groups is 1. The van der Waals surface area contributed by atoms with Crippen LogP contribution in [0.25, 0.3) is 0 Å². The van der Waals surface area contributed by atoms with Gasteiger partial charge in [0.15, 0.2) is 0 Å². The Morgan fingerprint density at radius 1 is 1.26 bits per heavy atom. The molecule has 1 heterocycles. The topological polar surface area (TPSA) is 91.3 Å². The number of nitrogens with two attached hydrogens (primary N) is 1. The van der Waals surface area contributed by atoms with Gasteiger partial charge in [0.2, 0.25) is 11.7 Å². The second kappa shape index (κ2) is 5.29. The molecule has 0 fully saturated rings. The Labute approximate surface area is 117 Å². The van der Waals surface area contributed by atoms with Crippen LogP contribution >= 0.6 is 23.2 Å². The number of pyridine rings is 1. The molecule has 0 saturated heterocycles. The number of anilines is 1. The number of nitrogens with zero attached hydrogens (tertiary/aromatic N) is 2. The Morgan fingerprint density at radius 2 is 2.00 bits per heavy atom. The minimum absolute atomic E-state index is 0.0901. The van der Waals surface area contributed by atoms with Crippen LogP contribution in [0.15, 0.2) is 30.3 Å².